The number of fused-ring (bicyclic) bond motifs is 7. The minimum atomic E-state index is 1.05. The molecule has 310 valence electrons. The molecule has 0 fully saturated rings. The predicted octanol–water partition coefficient (Wildman–Crippen LogP) is 18.2. The molecular formula is C64H44N2. The first-order chi connectivity index (χ1) is 32.7. The third kappa shape index (κ3) is 6.49. The van der Waals surface area contributed by atoms with Crippen LogP contribution in [0.4, 0.5) is 34.1 Å². The smallest absolute Gasteiger partial charge is 0.0620 e. The van der Waals surface area contributed by atoms with Crippen LogP contribution in [0.25, 0.3) is 81.8 Å². The zero-order valence-corrected chi connectivity index (χ0v) is 36.4. The monoisotopic (exact) mass is 840 g/mol. The van der Waals surface area contributed by atoms with Crippen LogP contribution in [0.3, 0.4) is 0 Å². The van der Waals surface area contributed by atoms with Gasteiger partial charge in [0.1, 0.15) is 0 Å². The number of allylic oxidation sites excluding steroid dienone is 1. The molecule has 12 aromatic carbocycles. The molecule has 0 saturated carbocycles. The van der Waals surface area contributed by atoms with E-state index in [0.717, 1.165) is 47.0 Å². The minimum Gasteiger partial charge on any atom is -0.309 e. The van der Waals surface area contributed by atoms with Crippen LogP contribution in [0.1, 0.15) is 17.5 Å². The minimum absolute atomic E-state index is 1.05. The summed E-state index contributed by atoms with van der Waals surface area (Å²) >= 11 is 0. The van der Waals surface area contributed by atoms with Gasteiger partial charge in [0.2, 0.25) is 0 Å². The van der Waals surface area contributed by atoms with Crippen molar-refractivity contribution in [3.05, 3.63) is 248 Å². The zero-order chi connectivity index (χ0) is 43.6. The third-order valence-corrected chi connectivity index (χ3v) is 13.7. The van der Waals surface area contributed by atoms with Gasteiger partial charge < -0.3 is 9.80 Å². The van der Waals surface area contributed by atoms with Crippen molar-refractivity contribution in [2.24, 2.45) is 0 Å². The zero-order valence-electron chi connectivity index (χ0n) is 36.4. The third-order valence-electron chi connectivity index (χ3n) is 13.7. The highest BCUT2D eigenvalue weighted by atomic mass is 15.2. The second-order valence-electron chi connectivity index (χ2n) is 17.7. The molecule has 0 radical (unpaired) electrons. The van der Waals surface area contributed by atoms with Crippen molar-refractivity contribution in [2.75, 3.05) is 9.80 Å². The number of hydrogen-bond acceptors (Lipinski definition) is 2. The summed E-state index contributed by atoms with van der Waals surface area (Å²) in [5, 5.41) is 14.4. The lowest BCUT2D eigenvalue weighted by atomic mass is 9.91. The van der Waals surface area contributed by atoms with E-state index < -0.39 is 0 Å². The summed E-state index contributed by atoms with van der Waals surface area (Å²) in [6.45, 7) is 0. The molecular weight excluding hydrogens is 797 g/mol. The Labute approximate surface area is 384 Å². The number of rotatable bonds is 7. The Balaban J connectivity index is 1.16. The van der Waals surface area contributed by atoms with E-state index in [9.17, 15) is 0 Å². The van der Waals surface area contributed by atoms with Crippen LogP contribution in [0.5, 0.6) is 0 Å². The summed E-state index contributed by atoms with van der Waals surface area (Å²) in [7, 11) is 0. The van der Waals surface area contributed by atoms with Gasteiger partial charge in [0.25, 0.3) is 0 Å². The van der Waals surface area contributed by atoms with E-state index in [2.05, 4.69) is 252 Å². The molecule has 0 unspecified atom stereocenters. The lowest BCUT2D eigenvalue weighted by Crippen LogP contribution is -2.15. The Hall–Kier alpha value is -8.46. The normalized spacial score (nSPS) is 12.4. The molecule has 13 rings (SSSR count). The highest BCUT2D eigenvalue weighted by Gasteiger charge is 2.27. The SMILES string of the molecule is C1=Cc2cc(N(c3ccc4ccccc4c3)c3c4ccccc4c(N(c4ccc5ccccc5c4)c4ccc5ccccc5c4)c4ccc(-c5ccc6ccccc6c5)cc34)ccc2CC1. The van der Waals surface area contributed by atoms with Gasteiger partial charge in [-0.1, -0.05) is 182 Å². The van der Waals surface area contributed by atoms with Gasteiger partial charge in [-0.05, 0) is 139 Å². The van der Waals surface area contributed by atoms with E-state index >= 15 is 0 Å². The van der Waals surface area contributed by atoms with Gasteiger partial charge in [0, 0.05) is 44.3 Å². The number of anilines is 6. The van der Waals surface area contributed by atoms with E-state index in [4.69, 9.17) is 0 Å². The predicted molar refractivity (Wildman–Crippen MR) is 284 cm³/mol. The number of aryl methyl sites for hydroxylation is 1. The molecule has 0 atom stereocenters. The average molecular weight is 841 g/mol. The topological polar surface area (TPSA) is 6.48 Å². The van der Waals surface area contributed by atoms with Gasteiger partial charge in [-0.25, -0.2) is 0 Å². The first-order valence-corrected chi connectivity index (χ1v) is 23.0. The highest BCUT2D eigenvalue weighted by Crippen LogP contribution is 2.52. The summed E-state index contributed by atoms with van der Waals surface area (Å²) in [6.07, 6.45) is 6.75. The van der Waals surface area contributed by atoms with Crippen molar-refractivity contribution < 1.29 is 0 Å². The Morgan fingerprint density at radius 2 is 0.682 bits per heavy atom. The quantitative estimate of drug-likeness (QED) is 0.117. The van der Waals surface area contributed by atoms with Crippen LogP contribution in [-0.2, 0) is 6.42 Å². The van der Waals surface area contributed by atoms with Gasteiger partial charge in [-0.3, -0.25) is 0 Å². The Bertz CT molecular complexity index is 3840. The van der Waals surface area contributed by atoms with Crippen molar-refractivity contribution in [3.63, 3.8) is 0 Å². The van der Waals surface area contributed by atoms with Gasteiger partial charge in [-0.15, -0.1) is 0 Å². The molecule has 12 aromatic rings. The maximum absolute atomic E-state index is 2.53. The van der Waals surface area contributed by atoms with Gasteiger partial charge in [-0.2, -0.15) is 0 Å². The lowest BCUT2D eigenvalue weighted by molar-refractivity contribution is 0.985. The second kappa shape index (κ2) is 15.7. The van der Waals surface area contributed by atoms with Crippen LogP contribution in [-0.4, -0.2) is 0 Å². The first-order valence-electron chi connectivity index (χ1n) is 23.0. The summed E-state index contributed by atoms with van der Waals surface area (Å²) in [6, 6.07) is 85.7. The van der Waals surface area contributed by atoms with Crippen LogP contribution in [0.15, 0.2) is 237 Å². The molecule has 0 spiro atoms. The fourth-order valence-electron chi connectivity index (χ4n) is 10.5. The van der Waals surface area contributed by atoms with Crippen LogP contribution >= 0.6 is 0 Å². The van der Waals surface area contributed by atoms with Crippen molar-refractivity contribution in [1.29, 1.82) is 0 Å². The molecule has 0 N–H and O–H groups in total. The molecule has 0 amide bonds. The Morgan fingerprint density at radius 3 is 1.23 bits per heavy atom. The van der Waals surface area contributed by atoms with Crippen molar-refractivity contribution in [2.45, 2.75) is 12.8 Å². The number of nitrogens with zero attached hydrogens (tertiary/aromatic N) is 2. The van der Waals surface area contributed by atoms with Crippen LogP contribution < -0.4 is 9.80 Å². The van der Waals surface area contributed by atoms with Gasteiger partial charge >= 0.3 is 0 Å². The van der Waals surface area contributed by atoms with E-state index in [0.29, 0.717) is 0 Å². The molecule has 0 saturated heterocycles. The van der Waals surface area contributed by atoms with Gasteiger partial charge in [0.15, 0.2) is 0 Å². The van der Waals surface area contributed by atoms with E-state index in [1.807, 2.05) is 0 Å². The Morgan fingerprint density at radius 1 is 0.288 bits per heavy atom. The fourth-order valence-corrected chi connectivity index (χ4v) is 10.5. The summed E-state index contributed by atoms with van der Waals surface area (Å²) in [5.74, 6) is 0. The van der Waals surface area contributed by atoms with Crippen molar-refractivity contribution in [3.8, 4) is 11.1 Å². The van der Waals surface area contributed by atoms with E-state index in [1.54, 1.807) is 0 Å². The molecule has 0 aliphatic heterocycles. The molecule has 1 aliphatic carbocycles. The first kappa shape index (κ1) is 38.0. The highest BCUT2D eigenvalue weighted by molar-refractivity contribution is 6.24. The largest absolute Gasteiger partial charge is 0.309 e. The Kier molecular flexibility index (Phi) is 9.02. The fraction of sp³-hybridized carbons (Fsp3) is 0.0312. The van der Waals surface area contributed by atoms with Crippen LogP contribution in [0, 0.1) is 0 Å². The molecule has 0 bridgehead atoms. The molecule has 2 heteroatoms. The number of hydrogen-bond donors (Lipinski definition) is 0. The average Bonchev–Trinajstić information content (AvgIpc) is 3.39. The second-order valence-corrected chi connectivity index (χ2v) is 17.7. The van der Waals surface area contributed by atoms with Gasteiger partial charge in [0.05, 0.1) is 11.4 Å². The van der Waals surface area contributed by atoms with Crippen molar-refractivity contribution in [1.82, 2.24) is 0 Å². The van der Waals surface area contributed by atoms with Crippen LogP contribution in [0.2, 0.25) is 0 Å². The maximum atomic E-state index is 2.53. The lowest BCUT2D eigenvalue weighted by Gasteiger charge is -2.33. The maximum Gasteiger partial charge on any atom is 0.0620 e. The molecule has 1 aliphatic rings. The van der Waals surface area contributed by atoms with E-state index in [1.165, 1.54) is 86.9 Å². The summed E-state index contributed by atoms with van der Waals surface area (Å²) in [5.41, 5.74) is 11.8. The molecule has 66 heavy (non-hydrogen) atoms. The van der Waals surface area contributed by atoms with Crippen molar-refractivity contribution >= 4 is 105 Å². The summed E-state index contributed by atoms with van der Waals surface area (Å²) in [4.78, 5) is 5.04. The molecule has 0 aromatic heterocycles. The standard InChI is InChI=1S/C64H44N2/c1-6-18-48-37-53(26-25-43(48)13-1)54-31-36-61-62(42-54)64(66(57-34-29-46-16-4-9-21-51(46)40-57)58-35-30-47-17-5-10-22-52(47)41-58)60-24-12-11-23-59(60)63(61)65(55-32-27-44-14-2-7-19-49(44)38-55)56-33-28-45-15-3-8-20-50(45)39-56/h1-4,6-16,18-42H,5,17H2. The molecule has 0 heterocycles. The summed E-state index contributed by atoms with van der Waals surface area (Å²) < 4.78 is 0. The number of benzene rings is 12. The molecule has 2 nitrogen and oxygen atoms in total. The van der Waals surface area contributed by atoms with E-state index in [-0.39, 0.29) is 0 Å².